The molecule has 0 radical (unpaired) electrons. The molecular weight excluding hydrogens is 244 g/mol. The molecule has 0 bridgehead atoms. The summed E-state index contributed by atoms with van der Waals surface area (Å²) in [4.78, 5) is 14.9. The van der Waals surface area contributed by atoms with E-state index in [2.05, 4.69) is 15.1 Å². The van der Waals surface area contributed by atoms with E-state index in [9.17, 15) is 10.1 Å². The van der Waals surface area contributed by atoms with Crippen molar-refractivity contribution in [3.63, 3.8) is 0 Å². The molecule has 0 amide bonds. The highest BCUT2D eigenvalue weighted by Crippen LogP contribution is 2.28. The van der Waals surface area contributed by atoms with E-state index in [1.807, 2.05) is 27.2 Å². The van der Waals surface area contributed by atoms with E-state index >= 15 is 0 Å². The highest BCUT2D eigenvalue weighted by molar-refractivity contribution is 5.66. The smallest absolute Gasteiger partial charge is 0.292 e. The molecule has 0 aliphatic heterocycles. The molecule has 6 heteroatoms. The quantitative estimate of drug-likeness (QED) is 0.600. The standard InChI is InChI=1S/C13H22N4O2/c1-14-13-11(6-5-7-12(13)17(18)19)10-16(4)9-8-15(2)3/h5-7,14H,8-10H2,1-4H3. The molecule has 0 aliphatic carbocycles. The number of hydrogen-bond acceptors (Lipinski definition) is 5. The van der Waals surface area contributed by atoms with E-state index in [0.717, 1.165) is 18.7 Å². The molecular formula is C13H22N4O2. The normalized spacial score (nSPS) is 11.1. The fourth-order valence-corrected chi connectivity index (χ4v) is 1.90. The van der Waals surface area contributed by atoms with Crippen LogP contribution >= 0.6 is 0 Å². The molecule has 0 fully saturated rings. The van der Waals surface area contributed by atoms with Crippen molar-refractivity contribution in [3.05, 3.63) is 33.9 Å². The van der Waals surface area contributed by atoms with Crippen molar-refractivity contribution in [2.75, 3.05) is 46.6 Å². The van der Waals surface area contributed by atoms with Gasteiger partial charge in [-0.3, -0.25) is 10.1 Å². The van der Waals surface area contributed by atoms with E-state index in [-0.39, 0.29) is 10.6 Å². The Balaban J connectivity index is 2.83. The zero-order valence-corrected chi connectivity index (χ0v) is 12.0. The molecule has 1 aromatic carbocycles. The third kappa shape index (κ3) is 4.50. The molecule has 106 valence electrons. The largest absolute Gasteiger partial charge is 0.382 e. The van der Waals surface area contributed by atoms with Crippen LogP contribution < -0.4 is 5.32 Å². The molecule has 0 atom stereocenters. The molecule has 0 unspecified atom stereocenters. The third-order valence-electron chi connectivity index (χ3n) is 2.94. The lowest BCUT2D eigenvalue weighted by atomic mass is 10.1. The lowest BCUT2D eigenvalue weighted by Gasteiger charge is -2.20. The van der Waals surface area contributed by atoms with Crippen LogP contribution in [0.2, 0.25) is 0 Å². The molecule has 1 aromatic rings. The molecule has 19 heavy (non-hydrogen) atoms. The van der Waals surface area contributed by atoms with Crippen molar-refractivity contribution >= 4 is 11.4 Å². The second-order valence-electron chi connectivity index (χ2n) is 4.86. The van der Waals surface area contributed by atoms with E-state index in [1.54, 1.807) is 13.1 Å². The Labute approximate surface area is 114 Å². The average molecular weight is 266 g/mol. The summed E-state index contributed by atoms with van der Waals surface area (Å²) in [6, 6.07) is 5.17. The molecule has 1 N–H and O–H groups in total. The van der Waals surface area contributed by atoms with Gasteiger partial charge in [-0.25, -0.2) is 0 Å². The summed E-state index contributed by atoms with van der Waals surface area (Å²) < 4.78 is 0. The Morgan fingerprint density at radius 3 is 2.47 bits per heavy atom. The molecule has 0 saturated heterocycles. The maximum atomic E-state index is 11.0. The molecule has 1 rings (SSSR count). The molecule has 0 heterocycles. The van der Waals surface area contributed by atoms with Crippen molar-refractivity contribution in [1.29, 1.82) is 0 Å². The van der Waals surface area contributed by atoms with Gasteiger partial charge in [0.05, 0.1) is 4.92 Å². The topological polar surface area (TPSA) is 61.6 Å². The molecule has 0 aromatic heterocycles. The second kappa shape index (κ2) is 7.06. The average Bonchev–Trinajstić information content (AvgIpc) is 2.36. The molecule has 6 nitrogen and oxygen atoms in total. The van der Waals surface area contributed by atoms with Gasteiger partial charge in [0.1, 0.15) is 5.69 Å². The van der Waals surface area contributed by atoms with E-state index in [1.165, 1.54) is 6.07 Å². The predicted molar refractivity (Wildman–Crippen MR) is 77.5 cm³/mol. The van der Waals surface area contributed by atoms with Crippen LogP contribution in [0.5, 0.6) is 0 Å². The summed E-state index contributed by atoms with van der Waals surface area (Å²) in [5.41, 5.74) is 1.67. The molecule has 0 aliphatic rings. The zero-order valence-electron chi connectivity index (χ0n) is 12.0. The molecule has 0 spiro atoms. The lowest BCUT2D eigenvalue weighted by Crippen LogP contribution is -2.28. The summed E-state index contributed by atoms with van der Waals surface area (Å²) in [7, 11) is 7.79. The van der Waals surface area contributed by atoms with Crippen molar-refractivity contribution in [2.24, 2.45) is 0 Å². The van der Waals surface area contributed by atoms with Gasteiger partial charge in [-0.1, -0.05) is 12.1 Å². The number of nitro groups is 1. The Morgan fingerprint density at radius 1 is 1.26 bits per heavy atom. The number of para-hydroxylation sites is 1. The van der Waals surface area contributed by atoms with E-state index in [0.29, 0.717) is 12.2 Å². The van der Waals surface area contributed by atoms with Gasteiger partial charge < -0.3 is 15.1 Å². The SMILES string of the molecule is CNc1c(CN(C)CCN(C)C)cccc1[N+](=O)[O-]. The maximum Gasteiger partial charge on any atom is 0.292 e. The van der Waals surface area contributed by atoms with Crippen molar-refractivity contribution in [3.8, 4) is 0 Å². The number of nitrogens with zero attached hydrogens (tertiary/aromatic N) is 3. The van der Waals surface area contributed by atoms with E-state index in [4.69, 9.17) is 0 Å². The fourth-order valence-electron chi connectivity index (χ4n) is 1.90. The summed E-state index contributed by atoms with van der Waals surface area (Å²) in [6.45, 7) is 2.56. The first-order valence-electron chi connectivity index (χ1n) is 6.23. The second-order valence-corrected chi connectivity index (χ2v) is 4.86. The fraction of sp³-hybridized carbons (Fsp3) is 0.538. The van der Waals surface area contributed by atoms with Crippen LogP contribution in [-0.2, 0) is 6.54 Å². The van der Waals surface area contributed by atoms with Crippen LogP contribution in [0, 0.1) is 10.1 Å². The number of nitro benzene ring substituents is 1. The van der Waals surface area contributed by atoms with Gasteiger partial charge in [-0.15, -0.1) is 0 Å². The first-order valence-corrected chi connectivity index (χ1v) is 6.23. The van der Waals surface area contributed by atoms with Crippen LogP contribution in [0.4, 0.5) is 11.4 Å². The number of likely N-dealkylation sites (N-methyl/N-ethyl adjacent to an activating group) is 2. The summed E-state index contributed by atoms with van der Waals surface area (Å²) in [5.74, 6) is 0. The van der Waals surface area contributed by atoms with Crippen LogP contribution in [0.15, 0.2) is 18.2 Å². The first-order chi connectivity index (χ1) is 8.95. The van der Waals surface area contributed by atoms with Crippen LogP contribution in [0.25, 0.3) is 0 Å². The van der Waals surface area contributed by atoms with E-state index < -0.39 is 0 Å². The van der Waals surface area contributed by atoms with Gasteiger partial charge in [0.15, 0.2) is 0 Å². The first kappa shape index (κ1) is 15.4. The van der Waals surface area contributed by atoms with Gasteiger partial charge in [-0.2, -0.15) is 0 Å². The number of rotatable bonds is 7. The minimum atomic E-state index is -0.352. The Hall–Kier alpha value is -1.66. The van der Waals surface area contributed by atoms with Crippen LogP contribution in [0.1, 0.15) is 5.56 Å². The predicted octanol–water partition coefficient (Wildman–Crippen LogP) is 1.63. The summed E-state index contributed by atoms with van der Waals surface area (Å²) in [5, 5.41) is 13.9. The van der Waals surface area contributed by atoms with Crippen molar-refractivity contribution in [2.45, 2.75) is 6.54 Å². The van der Waals surface area contributed by atoms with Gasteiger partial charge in [0.25, 0.3) is 5.69 Å². The Kier molecular flexibility index (Phi) is 5.72. The molecule has 0 saturated carbocycles. The van der Waals surface area contributed by atoms with Crippen LogP contribution in [0.3, 0.4) is 0 Å². The highest BCUT2D eigenvalue weighted by Gasteiger charge is 2.16. The lowest BCUT2D eigenvalue weighted by molar-refractivity contribution is -0.384. The maximum absolute atomic E-state index is 11.0. The number of hydrogen-bond donors (Lipinski definition) is 1. The third-order valence-corrected chi connectivity index (χ3v) is 2.94. The minimum absolute atomic E-state index is 0.126. The van der Waals surface area contributed by atoms with Gasteiger partial charge in [-0.05, 0) is 26.7 Å². The van der Waals surface area contributed by atoms with Gasteiger partial charge >= 0.3 is 0 Å². The minimum Gasteiger partial charge on any atom is -0.382 e. The van der Waals surface area contributed by atoms with Crippen molar-refractivity contribution in [1.82, 2.24) is 9.80 Å². The highest BCUT2D eigenvalue weighted by atomic mass is 16.6. The summed E-state index contributed by atoms with van der Waals surface area (Å²) >= 11 is 0. The van der Waals surface area contributed by atoms with Gasteiger partial charge in [0.2, 0.25) is 0 Å². The number of benzene rings is 1. The van der Waals surface area contributed by atoms with Gasteiger partial charge in [0, 0.05) is 32.7 Å². The monoisotopic (exact) mass is 266 g/mol. The number of anilines is 1. The Morgan fingerprint density at radius 2 is 1.95 bits per heavy atom. The Bertz CT molecular complexity index is 435. The van der Waals surface area contributed by atoms with Crippen molar-refractivity contribution < 1.29 is 4.92 Å². The zero-order chi connectivity index (χ0) is 14.4. The summed E-state index contributed by atoms with van der Waals surface area (Å²) in [6.07, 6.45) is 0. The van der Waals surface area contributed by atoms with Crippen LogP contribution in [-0.4, -0.2) is 56.0 Å². The number of nitrogens with one attached hydrogen (secondary N) is 1.